The molecule has 1 aromatic heterocycles. The van der Waals surface area contributed by atoms with E-state index in [4.69, 9.17) is 25.5 Å². The molecule has 0 saturated heterocycles. The number of aromatic nitrogens is 2. The Bertz CT molecular complexity index is 960. The number of ether oxygens (including phenoxy) is 2. The molecular weight excluding hydrogens is 370 g/mol. The molecule has 8 heteroatoms. The molecule has 0 spiro atoms. The Labute approximate surface area is 160 Å². The van der Waals surface area contributed by atoms with Gasteiger partial charge in [-0.1, -0.05) is 17.7 Å². The summed E-state index contributed by atoms with van der Waals surface area (Å²) in [5, 5.41) is 10.8. The lowest BCUT2D eigenvalue weighted by molar-refractivity contribution is -0.115. The van der Waals surface area contributed by atoms with E-state index < -0.39 is 0 Å². The van der Waals surface area contributed by atoms with Crippen molar-refractivity contribution < 1.29 is 18.7 Å². The standard InChI is InChI=1S/C19H16ClN3O4/c20-15-7-12(8-16-18(15)26-6-2-5-25-16)9-17(24)22-14-4-1-3-13(10-14)19-23-21-11-27-19/h1,3-4,7-8,10-11H,2,5-6,9H2,(H,22,24). The summed E-state index contributed by atoms with van der Waals surface area (Å²) >= 11 is 6.28. The SMILES string of the molecule is O=C(Cc1cc(Cl)c2c(c1)OCCCO2)Nc1cccc(-c2nnco2)c1. The van der Waals surface area contributed by atoms with Crippen LogP contribution in [0.4, 0.5) is 5.69 Å². The van der Waals surface area contributed by atoms with E-state index in [1.807, 2.05) is 6.07 Å². The van der Waals surface area contributed by atoms with Crippen LogP contribution in [0.1, 0.15) is 12.0 Å². The van der Waals surface area contributed by atoms with Crippen LogP contribution >= 0.6 is 11.6 Å². The van der Waals surface area contributed by atoms with E-state index in [0.717, 1.165) is 17.5 Å². The topological polar surface area (TPSA) is 86.5 Å². The molecule has 0 aliphatic carbocycles. The largest absolute Gasteiger partial charge is 0.489 e. The summed E-state index contributed by atoms with van der Waals surface area (Å²) in [6, 6.07) is 10.7. The molecule has 2 aromatic carbocycles. The van der Waals surface area contributed by atoms with Gasteiger partial charge in [0, 0.05) is 17.7 Å². The van der Waals surface area contributed by atoms with Crippen LogP contribution in [0.3, 0.4) is 0 Å². The molecule has 0 radical (unpaired) electrons. The summed E-state index contributed by atoms with van der Waals surface area (Å²) in [5.74, 6) is 1.32. The van der Waals surface area contributed by atoms with Crippen molar-refractivity contribution in [2.45, 2.75) is 12.8 Å². The molecule has 4 rings (SSSR count). The maximum absolute atomic E-state index is 12.4. The van der Waals surface area contributed by atoms with Gasteiger partial charge < -0.3 is 19.2 Å². The molecule has 0 unspecified atom stereocenters. The molecule has 0 saturated carbocycles. The van der Waals surface area contributed by atoms with Crippen LogP contribution in [-0.4, -0.2) is 29.3 Å². The number of anilines is 1. The van der Waals surface area contributed by atoms with Crippen molar-refractivity contribution >= 4 is 23.2 Å². The maximum Gasteiger partial charge on any atom is 0.247 e. The minimum Gasteiger partial charge on any atom is -0.489 e. The van der Waals surface area contributed by atoms with Gasteiger partial charge in [-0.3, -0.25) is 4.79 Å². The number of nitrogens with one attached hydrogen (secondary N) is 1. The molecule has 7 nitrogen and oxygen atoms in total. The van der Waals surface area contributed by atoms with Gasteiger partial charge in [0.05, 0.1) is 24.7 Å². The fourth-order valence-corrected chi connectivity index (χ4v) is 3.09. The Morgan fingerprint density at radius 2 is 2.07 bits per heavy atom. The number of amides is 1. The smallest absolute Gasteiger partial charge is 0.247 e. The third-order valence-electron chi connectivity index (χ3n) is 3.98. The van der Waals surface area contributed by atoms with E-state index >= 15 is 0 Å². The van der Waals surface area contributed by atoms with Gasteiger partial charge in [0.15, 0.2) is 11.5 Å². The zero-order valence-electron chi connectivity index (χ0n) is 14.3. The van der Waals surface area contributed by atoms with E-state index in [1.165, 1.54) is 6.39 Å². The fraction of sp³-hybridized carbons (Fsp3) is 0.211. The molecule has 138 valence electrons. The number of fused-ring (bicyclic) bond motifs is 1. The minimum absolute atomic E-state index is 0.154. The lowest BCUT2D eigenvalue weighted by Crippen LogP contribution is -2.14. The number of halogens is 1. The number of hydrogen-bond acceptors (Lipinski definition) is 6. The lowest BCUT2D eigenvalue weighted by atomic mass is 10.1. The first-order valence-corrected chi connectivity index (χ1v) is 8.81. The van der Waals surface area contributed by atoms with Crippen LogP contribution in [0.5, 0.6) is 11.5 Å². The average Bonchev–Trinajstić information content (AvgIpc) is 3.08. The molecule has 2 heterocycles. The quantitative estimate of drug-likeness (QED) is 0.736. The van der Waals surface area contributed by atoms with E-state index in [9.17, 15) is 4.79 Å². The van der Waals surface area contributed by atoms with Crippen LogP contribution in [0.15, 0.2) is 47.2 Å². The van der Waals surface area contributed by atoms with Crippen molar-refractivity contribution in [2.75, 3.05) is 18.5 Å². The summed E-state index contributed by atoms with van der Waals surface area (Å²) in [6.45, 7) is 1.12. The van der Waals surface area contributed by atoms with Crippen LogP contribution < -0.4 is 14.8 Å². The van der Waals surface area contributed by atoms with Crippen molar-refractivity contribution in [3.05, 3.63) is 53.4 Å². The Morgan fingerprint density at radius 3 is 2.93 bits per heavy atom. The highest BCUT2D eigenvalue weighted by Gasteiger charge is 2.17. The zero-order valence-corrected chi connectivity index (χ0v) is 15.0. The first kappa shape index (κ1) is 17.4. The monoisotopic (exact) mass is 385 g/mol. The minimum atomic E-state index is -0.178. The van der Waals surface area contributed by atoms with Gasteiger partial charge in [0.2, 0.25) is 18.2 Å². The van der Waals surface area contributed by atoms with E-state index in [1.54, 1.807) is 30.3 Å². The van der Waals surface area contributed by atoms with Crippen LogP contribution in [0, 0.1) is 0 Å². The highest BCUT2D eigenvalue weighted by molar-refractivity contribution is 6.32. The molecular formula is C19H16ClN3O4. The number of rotatable bonds is 4. The summed E-state index contributed by atoms with van der Waals surface area (Å²) in [6.07, 6.45) is 2.20. The molecule has 3 aromatic rings. The highest BCUT2D eigenvalue weighted by Crippen LogP contribution is 2.38. The average molecular weight is 386 g/mol. The number of carbonyl (C=O) groups is 1. The highest BCUT2D eigenvalue weighted by atomic mass is 35.5. The van der Waals surface area contributed by atoms with E-state index in [-0.39, 0.29) is 12.3 Å². The molecule has 27 heavy (non-hydrogen) atoms. The Balaban J connectivity index is 1.48. The van der Waals surface area contributed by atoms with Gasteiger partial charge in [0.25, 0.3) is 0 Å². The van der Waals surface area contributed by atoms with Crippen molar-refractivity contribution in [2.24, 2.45) is 0 Å². The van der Waals surface area contributed by atoms with Crippen molar-refractivity contribution in [3.8, 4) is 23.0 Å². The van der Waals surface area contributed by atoms with Gasteiger partial charge in [-0.05, 0) is 35.9 Å². The van der Waals surface area contributed by atoms with Gasteiger partial charge in [-0.2, -0.15) is 0 Å². The van der Waals surface area contributed by atoms with Crippen LogP contribution in [0.2, 0.25) is 5.02 Å². The fourth-order valence-electron chi connectivity index (χ4n) is 2.81. The van der Waals surface area contributed by atoms with Gasteiger partial charge in [0.1, 0.15) is 0 Å². The Morgan fingerprint density at radius 1 is 1.19 bits per heavy atom. The molecule has 1 amide bonds. The predicted molar refractivity (Wildman–Crippen MR) is 99.1 cm³/mol. The second kappa shape index (κ2) is 7.67. The number of carbonyl (C=O) groups excluding carboxylic acids is 1. The predicted octanol–water partition coefficient (Wildman–Crippen LogP) is 3.73. The first-order chi connectivity index (χ1) is 13.2. The first-order valence-electron chi connectivity index (χ1n) is 8.43. The van der Waals surface area contributed by atoms with Crippen molar-refractivity contribution in [1.82, 2.24) is 10.2 Å². The Kier molecular flexibility index (Phi) is 4.93. The third kappa shape index (κ3) is 4.03. The van der Waals surface area contributed by atoms with E-state index in [2.05, 4.69) is 15.5 Å². The van der Waals surface area contributed by atoms with Gasteiger partial charge in [-0.25, -0.2) is 0 Å². The molecule has 0 bridgehead atoms. The maximum atomic E-state index is 12.4. The normalized spacial score (nSPS) is 13.1. The van der Waals surface area contributed by atoms with E-state index in [0.29, 0.717) is 41.3 Å². The van der Waals surface area contributed by atoms with Gasteiger partial charge in [-0.15, -0.1) is 10.2 Å². The summed E-state index contributed by atoms with van der Waals surface area (Å²) in [5.41, 5.74) is 2.11. The molecule has 1 aliphatic rings. The number of hydrogen-bond donors (Lipinski definition) is 1. The molecule has 0 fully saturated rings. The lowest BCUT2D eigenvalue weighted by Gasteiger charge is -2.12. The van der Waals surface area contributed by atoms with Crippen molar-refractivity contribution in [1.29, 1.82) is 0 Å². The summed E-state index contributed by atoms with van der Waals surface area (Å²) in [7, 11) is 0. The second-order valence-corrected chi connectivity index (χ2v) is 6.41. The molecule has 1 aliphatic heterocycles. The van der Waals surface area contributed by atoms with Crippen molar-refractivity contribution in [3.63, 3.8) is 0 Å². The van der Waals surface area contributed by atoms with Crippen LogP contribution in [0.25, 0.3) is 11.5 Å². The molecule has 1 N–H and O–H groups in total. The van der Waals surface area contributed by atoms with Crippen LogP contribution in [-0.2, 0) is 11.2 Å². The third-order valence-corrected chi connectivity index (χ3v) is 4.26. The number of benzene rings is 2. The summed E-state index contributed by atoms with van der Waals surface area (Å²) < 4.78 is 16.4. The summed E-state index contributed by atoms with van der Waals surface area (Å²) in [4.78, 5) is 12.4. The van der Waals surface area contributed by atoms with Gasteiger partial charge >= 0.3 is 0 Å². The second-order valence-electron chi connectivity index (χ2n) is 6.01. The number of nitrogens with zero attached hydrogens (tertiary/aromatic N) is 2. The zero-order chi connectivity index (χ0) is 18.6. The Hall–Kier alpha value is -3.06. The molecule has 0 atom stereocenters.